The summed E-state index contributed by atoms with van der Waals surface area (Å²) in [6.07, 6.45) is 2.52. The van der Waals surface area contributed by atoms with Gasteiger partial charge in [-0.2, -0.15) is 5.10 Å². The van der Waals surface area contributed by atoms with Crippen LogP contribution in [0.4, 0.5) is 0 Å². The molecule has 0 atom stereocenters. The van der Waals surface area contributed by atoms with Gasteiger partial charge in [0.15, 0.2) is 17.3 Å². The van der Waals surface area contributed by atoms with Gasteiger partial charge < -0.3 is 14.6 Å². The molecule has 108 valence electrons. The Morgan fingerprint density at radius 2 is 2.15 bits per heavy atom. The highest BCUT2D eigenvalue weighted by molar-refractivity contribution is 5.42. The van der Waals surface area contributed by atoms with Crippen molar-refractivity contribution in [3.05, 3.63) is 35.9 Å². The molecular weight excluding hydrogens is 258 g/mol. The second-order valence-corrected chi connectivity index (χ2v) is 4.33. The molecular formula is C14H19N3O3. The largest absolute Gasteiger partial charge is 0.493 e. The van der Waals surface area contributed by atoms with Crippen molar-refractivity contribution in [2.45, 2.75) is 33.1 Å². The third-order valence-corrected chi connectivity index (χ3v) is 2.90. The van der Waals surface area contributed by atoms with Gasteiger partial charge in [0, 0.05) is 6.54 Å². The second kappa shape index (κ2) is 6.91. The monoisotopic (exact) mass is 277 g/mol. The molecule has 0 saturated heterocycles. The fourth-order valence-corrected chi connectivity index (χ4v) is 1.87. The predicted molar refractivity (Wildman–Crippen MR) is 73.6 cm³/mol. The zero-order valence-corrected chi connectivity index (χ0v) is 11.7. The van der Waals surface area contributed by atoms with Crippen LogP contribution in [0.2, 0.25) is 0 Å². The van der Waals surface area contributed by atoms with E-state index < -0.39 is 0 Å². The van der Waals surface area contributed by atoms with E-state index in [1.165, 1.54) is 6.33 Å². The van der Waals surface area contributed by atoms with E-state index in [0.717, 1.165) is 24.4 Å². The Morgan fingerprint density at radius 3 is 2.85 bits per heavy atom. The van der Waals surface area contributed by atoms with Crippen LogP contribution in [-0.4, -0.2) is 27.0 Å². The molecule has 1 N–H and O–H groups in total. The summed E-state index contributed by atoms with van der Waals surface area (Å²) in [5.41, 5.74) is 0.781. The van der Waals surface area contributed by atoms with Crippen LogP contribution in [0.5, 0.6) is 11.5 Å². The molecule has 0 aliphatic heterocycles. The SMILES string of the molecule is CCCn1ncnc1COc1ccc(CO)cc1OC. The number of benzene rings is 1. The van der Waals surface area contributed by atoms with Crippen LogP contribution in [0, 0.1) is 0 Å². The van der Waals surface area contributed by atoms with Crippen LogP contribution in [0.15, 0.2) is 24.5 Å². The lowest BCUT2D eigenvalue weighted by Crippen LogP contribution is -2.09. The number of ether oxygens (including phenoxy) is 2. The van der Waals surface area contributed by atoms with Gasteiger partial charge in [0.1, 0.15) is 12.9 Å². The van der Waals surface area contributed by atoms with E-state index in [1.807, 2.05) is 4.68 Å². The third-order valence-electron chi connectivity index (χ3n) is 2.90. The van der Waals surface area contributed by atoms with Crippen molar-refractivity contribution in [2.75, 3.05) is 7.11 Å². The van der Waals surface area contributed by atoms with E-state index in [9.17, 15) is 0 Å². The molecule has 0 spiro atoms. The number of nitrogens with zero attached hydrogens (tertiary/aromatic N) is 3. The quantitative estimate of drug-likeness (QED) is 0.835. The van der Waals surface area contributed by atoms with Crippen LogP contribution >= 0.6 is 0 Å². The fraction of sp³-hybridized carbons (Fsp3) is 0.429. The van der Waals surface area contributed by atoms with Gasteiger partial charge in [0.05, 0.1) is 13.7 Å². The highest BCUT2D eigenvalue weighted by Crippen LogP contribution is 2.28. The smallest absolute Gasteiger partial charge is 0.164 e. The second-order valence-electron chi connectivity index (χ2n) is 4.33. The summed E-state index contributed by atoms with van der Waals surface area (Å²) < 4.78 is 12.8. The lowest BCUT2D eigenvalue weighted by atomic mass is 10.2. The molecule has 0 radical (unpaired) electrons. The van der Waals surface area contributed by atoms with Crippen molar-refractivity contribution >= 4 is 0 Å². The normalized spacial score (nSPS) is 10.6. The maximum atomic E-state index is 9.11. The van der Waals surface area contributed by atoms with Crippen LogP contribution in [-0.2, 0) is 19.8 Å². The summed E-state index contributed by atoms with van der Waals surface area (Å²) in [6.45, 7) is 3.21. The van der Waals surface area contributed by atoms with Gasteiger partial charge in [-0.25, -0.2) is 9.67 Å². The average molecular weight is 277 g/mol. The van der Waals surface area contributed by atoms with Gasteiger partial charge >= 0.3 is 0 Å². The summed E-state index contributed by atoms with van der Waals surface area (Å²) in [6, 6.07) is 5.34. The lowest BCUT2D eigenvalue weighted by molar-refractivity contribution is 0.265. The van der Waals surface area contributed by atoms with Crippen molar-refractivity contribution in [1.29, 1.82) is 0 Å². The summed E-state index contributed by atoms with van der Waals surface area (Å²) >= 11 is 0. The maximum absolute atomic E-state index is 9.11. The highest BCUT2D eigenvalue weighted by atomic mass is 16.5. The molecule has 1 heterocycles. The number of rotatable bonds is 7. The Labute approximate surface area is 118 Å². The first-order valence-electron chi connectivity index (χ1n) is 6.55. The molecule has 1 aromatic carbocycles. The van der Waals surface area contributed by atoms with E-state index in [2.05, 4.69) is 17.0 Å². The number of hydrogen-bond donors (Lipinski definition) is 1. The van der Waals surface area contributed by atoms with Gasteiger partial charge in [0.25, 0.3) is 0 Å². The average Bonchev–Trinajstić information content (AvgIpc) is 2.92. The van der Waals surface area contributed by atoms with Crippen LogP contribution in [0.25, 0.3) is 0 Å². The molecule has 2 aromatic rings. The Morgan fingerprint density at radius 1 is 1.30 bits per heavy atom. The number of aliphatic hydroxyl groups excluding tert-OH is 1. The standard InChI is InChI=1S/C14H19N3O3/c1-3-6-17-14(15-10-16-17)9-20-12-5-4-11(8-18)7-13(12)19-2/h4-5,7,10,18H,3,6,8-9H2,1-2H3. The Kier molecular flexibility index (Phi) is 4.95. The summed E-state index contributed by atoms with van der Waals surface area (Å²) in [5, 5.41) is 13.3. The van der Waals surface area contributed by atoms with Gasteiger partial charge in [-0.05, 0) is 24.1 Å². The minimum atomic E-state index is -0.0263. The minimum Gasteiger partial charge on any atom is -0.493 e. The van der Waals surface area contributed by atoms with Gasteiger partial charge in [0.2, 0.25) is 0 Å². The summed E-state index contributed by atoms with van der Waals surface area (Å²) in [7, 11) is 1.57. The number of hydrogen-bond acceptors (Lipinski definition) is 5. The van der Waals surface area contributed by atoms with Crippen LogP contribution in [0.1, 0.15) is 24.7 Å². The zero-order valence-electron chi connectivity index (χ0n) is 11.7. The molecule has 6 nitrogen and oxygen atoms in total. The molecule has 0 fully saturated rings. The van der Waals surface area contributed by atoms with Gasteiger partial charge in [-0.3, -0.25) is 0 Å². The van der Waals surface area contributed by atoms with E-state index in [1.54, 1.807) is 25.3 Å². The Hall–Kier alpha value is -2.08. The number of aliphatic hydroxyl groups is 1. The molecule has 0 saturated carbocycles. The Balaban J connectivity index is 2.08. The molecule has 0 bridgehead atoms. The lowest BCUT2D eigenvalue weighted by Gasteiger charge is -2.11. The minimum absolute atomic E-state index is 0.0263. The molecule has 0 aliphatic rings. The highest BCUT2D eigenvalue weighted by Gasteiger charge is 2.09. The fourth-order valence-electron chi connectivity index (χ4n) is 1.87. The van der Waals surface area contributed by atoms with Gasteiger partial charge in [-0.1, -0.05) is 13.0 Å². The number of aryl methyl sites for hydroxylation is 1. The molecule has 0 amide bonds. The summed E-state index contributed by atoms with van der Waals surface area (Å²) in [5.74, 6) is 1.99. The first-order valence-corrected chi connectivity index (χ1v) is 6.55. The number of aromatic nitrogens is 3. The van der Waals surface area contributed by atoms with Crippen molar-refractivity contribution in [3.63, 3.8) is 0 Å². The van der Waals surface area contributed by atoms with Crippen molar-refractivity contribution in [1.82, 2.24) is 14.8 Å². The van der Waals surface area contributed by atoms with Gasteiger partial charge in [-0.15, -0.1) is 0 Å². The molecule has 20 heavy (non-hydrogen) atoms. The molecule has 2 rings (SSSR count). The van der Waals surface area contributed by atoms with Crippen molar-refractivity contribution < 1.29 is 14.6 Å². The van der Waals surface area contributed by atoms with Crippen molar-refractivity contribution in [3.8, 4) is 11.5 Å². The first-order chi connectivity index (χ1) is 9.78. The van der Waals surface area contributed by atoms with E-state index >= 15 is 0 Å². The summed E-state index contributed by atoms with van der Waals surface area (Å²) in [4.78, 5) is 4.19. The Bertz CT molecular complexity index is 554. The van der Waals surface area contributed by atoms with E-state index in [0.29, 0.717) is 18.1 Å². The zero-order chi connectivity index (χ0) is 14.4. The molecule has 0 unspecified atom stereocenters. The van der Waals surface area contributed by atoms with Crippen LogP contribution in [0.3, 0.4) is 0 Å². The molecule has 0 aliphatic carbocycles. The first kappa shape index (κ1) is 14.3. The third kappa shape index (κ3) is 3.27. The maximum Gasteiger partial charge on any atom is 0.164 e. The predicted octanol–water partition coefficient (Wildman–Crippen LogP) is 1.77. The van der Waals surface area contributed by atoms with Crippen molar-refractivity contribution in [2.24, 2.45) is 0 Å². The van der Waals surface area contributed by atoms with Crippen LogP contribution < -0.4 is 9.47 Å². The topological polar surface area (TPSA) is 69.4 Å². The number of methoxy groups -OCH3 is 1. The molecule has 6 heteroatoms. The molecule has 1 aromatic heterocycles. The van der Waals surface area contributed by atoms with E-state index in [-0.39, 0.29) is 6.61 Å². The van der Waals surface area contributed by atoms with E-state index in [4.69, 9.17) is 14.6 Å².